The van der Waals surface area contributed by atoms with Crippen LogP contribution in [0.3, 0.4) is 0 Å². The summed E-state index contributed by atoms with van der Waals surface area (Å²) in [7, 11) is 1.68. The topological polar surface area (TPSA) is 47.9 Å². The lowest BCUT2D eigenvalue weighted by Crippen LogP contribution is -2.28. The van der Waals surface area contributed by atoms with E-state index in [2.05, 4.69) is 0 Å². The number of aliphatic hydroxyl groups excluding tert-OH is 1. The first-order valence-electron chi connectivity index (χ1n) is 10.2. The van der Waals surface area contributed by atoms with Crippen LogP contribution < -0.4 is 4.74 Å². The Morgan fingerprint density at radius 3 is 2.50 bits per heavy atom. The lowest BCUT2D eigenvalue weighted by atomic mass is 9.97. The van der Waals surface area contributed by atoms with E-state index in [-0.39, 0.29) is 6.10 Å². The molecule has 148 valence electrons. The zero-order chi connectivity index (χ0) is 18.6. The SMILES string of the molecule is COc1ccc(COCCCCC[C@@H]2CCC[C@H](CC[C@@H](C)O)O2)cc1. The van der Waals surface area contributed by atoms with E-state index in [4.69, 9.17) is 14.2 Å². The summed E-state index contributed by atoms with van der Waals surface area (Å²) in [6, 6.07) is 8.04. The minimum atomic E-state index is -0.211. The molecule has 1 aliphatic heterocycles. The number of hydrogen-bond acceptors (Lipinski definition) is 4. The lowest BCUT2D eigenvalue weighted by molar-refractivity contribution is -0.0611. The Balaban J connectivity index is 1.48. The summed E-state index contributed by atoms with van der Waals surface area (Å²) in [4.78, 5) is 0. The van der Waals surface area contributed by atoms with Gasteiger partial charge in [-0.3, -0.25) is 0 Å². The fourth-order valence-corrected chi connectivity index (χ4v) is 3.50. The molecule has 1 fully saturated rings. The predicted molar refractivity (Wildman–Crippen MR) is 105 cm³/mol. The highest BCUT2D eigenvalue weighted by atomic mass is 16.5. The molecular formula is C22H36O4. The van der Waals surface area contributed by atoms with E-state index < -0.39 is 0 Å². The van der Waals surface area contributed by atoms with Gasteiger partial charge in [0.2, 0.25) is 0 Å². The number of aliphatic hydroxyl groups is 1. The third-order valence-electron chi connectivity index (χ3n) is 5.09. The standard InChI is InChI=1S/C22H36O4/c1-18(23)10-13-22-9-6-8-21(26-22)7-4-3-5-16-25-17-19-11-14-20(24-2)15-12-19/h11-12,14-15,18,21-23H,3-10,13,16-17H2,1-2H3/t18-,21-,22-/m1/s1. The Hall–Kier alpha value is -1.10. The summed E-state index contributed by atoms with van der Waals surface area (Å²) in [6.45, 7) is 3.34. The Morgan fingerprint density at radius 1 is 1.08 bits per heavy atom. The van der Waals surface area contributed by atoms with Crippen LogP contribution in [0.25, 0.3) is 0 Å². The van der Waals surface area contributed by atoms with Gasteiger partial charge >= 0.3 is 0 Å². The molecule has 0 bridgehead atoms. The maximum absolute atomic E-state index is 9.42. The molecule has 1 aromatic carbocycles. The molecule has 0 spiro atoms. The van der Waals surface area contributed by atoms with Crippen LogP contribution in [0.4, 0.5) is 0 Å². The average Bonchev–Trinajstić information content (AvgIpc) is 2.66. The molecule has 4 heteroatoms. The fraction of sp³-hybridized carbons (Fsp3) is 0.727. The van der Waals surface area contributed by atoms with E-state index in [9.17, 15) is 5.11 Å². The summed E-state index contributed by atoms with van der Waals surface area (Å²) < 4.78 is 17.1. The van der Waals surface area contributed by atoms with Crippen LogP contribution in [-0.4, -0.2) is 37.1 Å². The first kappa shape index (κ1) is 21.2. The summed E-state index contributed by atoms with van der Waals surface area (Å²) in [5.74, 6) is 0.881. The highest BCUT2D eigenvalue weighted by Crippen LogP contribution is 2.25. The van der Waals surface area contributed by atoms with Crippen LogP contribution in [-0.2, 0) is 16.1 Å². The van der Waals surface area contributed by atoms with Gasteiger partial charge in [0.05, 0.1) is 32.0 Å². The fourth-order valence-electron chi connectivity index (χ4n) is 3.50. The zero-order valence-electron chi connectivity index (χ0n) is 16.5. The molecule has 1 N–H and O–H groups in total. The van der Waals surface area contributed by atoms with Crippen LogP contribution in [0.5, 0.6) is 5.75 Å². The molecule has 0 amide bonds. The predicted octanol–water partition coefficient (Wildman–Crippen LogP) is 4.87. The molecule has 1 heterocycles. The zero-order valence-corrected chi connectivity index (χ0v) is 16.5. The van der Waals surface area contributed by atoms with Crippen molar-refractivity contribution in [2.45, 2.75) is 89.6 Å². The van der Waals surface area contributed by atoms with Crippen molar-refractivity contribution in [3.63, 3.8) is 0 Å². The molecule has 4 nitrogen and oxygen atoms in total. The molecule has 26 heavy (non-hydrogen) atoms. The van der Waals surface area contributed by atoms with E-state index >= 15 is 0 Å². The number of methoxy groups -OCH3 is 1. The monoisotopic (exact) mass is 364 g/mol. The van der Waals surface area contributed by atoms with Crippen molar-refractivity contribution in [2.75, 3.05) is 13.7 Å². The van der Waals surface area contributed by atoms with Gasteiger partial charge < -0.3 is 19.3 Å². The Bertz CT molecular complexity index is 472. The number of unbranched alkanes of at least 4 members (excludes halogenated alkanes) is 2. The summed E-state index contributed by atoms with van der Waals surface area (Å²) in [5.41, 5.74) is 1.18. The van der Waals surface area contributed by atoms with Crippen molar-refractivity contribution in [3.05, 3.63) is 29.8 Å². The second-order valence-corrected chi connectivity index (χ2v) is 7.49. The lowest BCUT2D eigenvalue weighted by Gasteiger charge is -2.30. The second-order valence-electron chi connectivity index (χ2n) is 7.49. The molecule has 2 rings (SSSR count). The molecule has 3 atom stereocenters. The van der Waals surface area contributed by atoms with Crippen LogP contribution in [0.1, 0.15) is 70.3 Å². The minimum Gasteiger partial charge on any atom is -0.497 e. The van der Waals surface area contributed by atoms with Gasteiger partial charge in [-0.05, 0) is 69.6 Å². The number of rotatable bonds is 12. The van der Waals surface area contributed by atoms with E-state index in [1.54, 1.807) is 7.11 Å². The van der Waals surface area contributed by atoms with Gasteiger partial charge in [-0.2, -0.15) is 0 Å². The molecular weight excluding hydrogens is 328 g/mol. The Kier molecular flexibility index (Phi) is 10.0. The Morgan fingerprint density at radius 2 is 1.81 bits per heavy atom. The van der Waals surface area contributed by atoms with Crippen molar-refractivity contribution < 1.29 is 19.3 Å². The van der Waals surface area contributed by atoms with Crippen LogP contribution in [0.2, 0.25) is 0 Å². The van der Waals surface area contributed by atoms with Crippen molar-refractivity contribution in [3.8, 4) is 5.75 Å². The molecule has 0 unspecified atom stereocenters. The molecule has 0 aliphatic carbocycles. The smallest absolute Gasteiger partial charge is 0.118 e. The number of benzene rings is 1. The molecule has 0 aromatic heterocycles. The van der Waals surface area contributed by atoms with Gasteiger partial charge in [-0.15, -0.1) is 0 Å². The molecule has 1 saturated heterocycles. The summed E-state index contributed by atoms with van der Waals surface area (Å²) >= 11 is 0. The van der Waals surface area contributed by atoms with Gasteiger partial charge in [0.25, 0.3) is 0 Å². The van der Waals surface area contributed by atoms with Gasteiger partial charge in [-0.1, -0.05) is 25.0 Å². The quantitative estimate of drug-likeness (QED) is 0.538. The molecule has 0 radical (unpaired) electrons. The molecule has 1 aromatic rings. The first-order chi connectivity index (χ1) is 12.7. The largest absolute Gasteiger partial charge is 0.497 e. The average molecular weight is 365 g/mol. The van der Waals surface area contributed by atoms with Crippen molar-refractivity contribution in [1.29, 1.82) is 0 Å². The van der Waals surface area contributed by atoms with Crippen molar-refractivity contribution in [2.24, 2.45) is 0 Å². The summed E-state index contributed by atoms with van der Waals surface area (Å²) in [5, 5.41) is 9.42. The Labute approximate surface area is 158 Å². The highest BCUT2D eigenvalue weighted by molar-refractivity contribution is 5.26. The van der Waals surface area contributed by atoms with E-state index in [1.807, 2.05) is 31.2 Å². The molecule has 1 aliphatic rings. The minimum absolute atomic E-state index is 0.211. The first-order valence-corrected chi connectivity index (χ1v) is 10.2. The van der Waals surface area contributed by atoms with E-state index in [0.717, 1.165) is 44.5 Å². The van der Waals surface area contributed by atoms with Gasteiger partial charge in [0.15, 0.2) is 0 Å². The van der Waals surface area contributed by atoms with E-state index in [1.165, 1.54) is 31.2 Å². The van der Waals surface area contributed by atoms with Crippen molar-refractivity contribution >= 4 is 0 Å². The second kappa shape index (κ2) is 12.3. The van der Waals surface area contributed by atoms with Gasteiger partial charge in [0.1, 0.15) is 5.75 Å². The number of ether oxygens (including phenoxy) is 3. The summed E-state index contributed by atoms with van der Waals surface area (Å²) in [6.07, 6.45) is 10.7. The van der Waals surface area contributed by atoms with Gasteiger partial charge in [0, 0.05) is 6.61 Å². The van der Waals surface area contributed by atoms with Gasteiger partial charge in [-0.25, -0.2) is 0 Å². The highest BCUT2D eigenvalue weighted by Gasteiger charge is 2.22. The van der Waals surface area contributed by atoms with Crippen LogP contribution >= 0.6 is 0 Å². The molecule has 0 saturated carbocycles. The van der Waals surface area contributed by atoms with Crippen molar-refractivity contribution in [1.82, 2.24) is 0 Å². The maximum atomic E-state index is 9.42. The third-order valence-corrected chi connectivity index (χ3v) is 5.09. The number of hydrogen-bond donors (Lipinski definition) is 1. The van der Waals surface area contributed by atoms with E-state index in [0.29, 0.717) is 18.8 Å². The normalized spacial score (nSPS) is 21.5. The third kappa shape index (κ3) is 8.52. The van der Waals surface area contributed by atoms with Crippen LogP contribution in [0, 0.1) is 0 Å². The van der Waals surface area contributed by atoms with Crippen LogP contribution in [0.15, 0.2) is 24.3 Å². The maximum Gasteiger partial charge on any atom is 0.118 e.